The lowest BCUT2D eigenvalue weighted by Gasteiger charge is -2.09. The summed E-state index contributed by atoms with van der Waals surface area (Å²) >= 11 is 1.70. The van der Waals surface area contributed by atoms with Gasteiger partial charge in [0.25, 0.3) is 0 Å². The number of benzene rings is 2. The van der Waals surface area contributed by atoms with Gasteiger partial charge in [-0.25, -0.2) is 0 Å². The summed E-state index contributed by atoms with van der Waals surface area (Å²) in [5.74, 6) is -0.172. The van der Waals surface area contributed by atoms with Crippen LogP contribution in [0.3, 0.4) is 0 Å². The van der Waals surface area contributed by atoms with Crippen molar-refractivity contribution in [3.05, 3.63) is 54.1 Å². The van der Waals surface area contributed by atoms with Crippen LogP contribution in [0, 0.1) is 0 Å². The Bertz CT molecular complexity index is 655. The van der Waals surface area contributed by atoms with Crippen molar-refractivity contribution in [3.8, 4) is 0 Å². The first kappa shape index (κ1) is 17.6. The SMILES string of the molecule is CCCCc1cccc(Sc2cccc(NC(=O)C(C)N)c2)c1. The Hall–Kier alpha value is -1.78. The molecule has 1 atom stereocenters. The van der Waals surface area contributed by atoms with Gasteiger partial charge in [-0.3, -0.25) is 4.79 Å². The fourth-order valence-corrected chi connectivity index (χ4v) is 3.14. The van der Waals surface area contributed by atoms with E-state index < -0.39 is 6.04 Å². The van der Waals surface area contributed by atoms with Crippen LogP contribution >= 0.6 is 11.8 Å². The summed E-state index contributed by atoms with van der Waals surface area (Å²) in [5.41, 5.74) is 7.74. The summed E-state index contributed by atoms with van der Waals surface area (Å²) in [7, 11) is 0. The van der Waals surface area contributed by atoms with E-state index in [1.54, 1.807) is 18.7 Å². The quantitative estimate of drug-likeness (QED) is 0.788. The molecule has 2 rings (SSSR count). The maximum Gasteiger partial charge on any atom is 0.240 e. The number of nitrogens with one attached hydrogen (secondary N) is 1. The second-order valence-electron chi connectivity index (χ2n) is 5.66. The molecule has 1 unspecified atom stereocenters. The van der Waals surface area contributed by atoms with Gasteiger partial charge < -0.3 is 11.1 Å². The molecule has 0 spiro atoms. The van der Waals surface area contributed by atoms with E-state index in [2.05, 4.69) is 36.5 Å². The Morgan fingerprint density at radius 3 is 2.57 bits per heavy atom. The third-order valence-corrected chi connectivity index (χ3v) is 4.45. The maximum atomic E-state index is 11.7. The molecule has 0 fully saturated rings. The van der Waals surface area contributed by atoms with Crippen LogP contribution in [0.25, 0.3) is 0 Å². The summed E-state index contributed by atoms with van der Waals surface area (Å²) in [6, 6.07) is 16.0. The van der Waals surface area contributed by atoms with Gasteiger partial charge in [0.15, 0.2) is 0 Å². The van der Waals surface area contributed by atoms with Gasteiger partial charge in [0.05, 0.1) is 6.04 Å². The van der Waals surface area contributed by atoms with Crippen molar-refractivity contribution >= 4 is 23.4 Å². The minimum absolute atomic E-state index is 0.172. The zero-order chi connectivity index (χ0) is 16.7. The van der Waals surface area contributed by atoms with Gasteiger partial charge >= 0.3 is 0 Å². The zero-order valence-electron chi connectivity index (χ0n) is 13.7. The van der Waals surface area contributed by atoms with Crippen LogP contribution in [0.15, 0.2) is 58.3 Å². The van der Waals surface area contributed by atoms with E-state index in [0.29, 0.717) is 0 Å². The summed E-state index contributed by atoms with van der Waals surface area (Å²) in [6.45, 7) is 3.89. The number of hydrogen-bond donors (Lipinski definition) is 2. The summed E-state index contributed by atoms with van der Waals surface area (Å²) in [4.78, 5) is 14.0. The normalized spacial score (nSPS) is 12.0. The molecule has 0 radical (unpaired) electrons. The number of nitrogens with two attached hydrogens (primary N) is 1. The van der Waals surface area contributed by atoms with Crippen molar-refractivity contribution in [2.24, 2.45) is 5.73 Å². The number of amides is 1. The number of carbonyl (C=O) groups excluding carboxylic acids is 1. The lowest BCUT2D eigenvalue weighted by molar-refractivity contribution is -0.117. The summed E-state index contributed by atoms with van der Waals surface area (Å²) in [6.07, 6.45) is 3.54. The molecule has 0 aliphatic carbocycles. The second-order valence-corrected chi connectivity index (χ2v) is 6.81. The van der Waals surface area contributed by atoms with E-state index in [1.165, 1.54) is 23.3 Å². The molecule has 0 heterocycles. The largest absolute Gasteiger partial charge is 0.325 e. The van der Waals surface area contributed by atoms with E-state index in [9.17, 15) is 4.79 Å². The summed E-state index contributed by atoms with van der Waals surface area (Å²) < 4.78 is 0. The van der Waals surface area contributed by atoms with E-state index in [4.69, 9.17) is 5.73 Å². The molecular weight excluding hydrogens is 304 g/mol. The monoisotopic (exact) mass is 328 g/mol. The molecule has 0 aromatic heterocycles. The molecule has 4 heteroatoms. The molecule has 0 saturated heterocycles. The Kier molecular flexibility index (Phi) is 6.68. The Morgan fingerprint density at radius 1 is 1.17 bits per heavy atom. The highest BCUT2D eigenvalue weighted by Gasteiger charge is 2.08. The first-order valence-electron chi connectivity index (χ1n) is 8.02. The highest BCUT2D eigenvalue weighted by Crippen LogP contribution is 2.30. The van der Waals surface area contributed by atoms with Gasteiger partial charge in [0.2, 0.25) is 5.91 Å². The van der Waals surface area contributed by atoms with Gasteiger partial charge in [-0.1, -0.05) is 43.3 Å². The fourth-order valence-electron chi connectivity index (χ4n) is 2.17. The number of hydrogen-bond acceptors (Lipinski definition) is 3. The van der Waals surface area contributed by atoms with Crippen molar-refractivity contribution < 1.29 is 4.79 Å². The second kappa shape index (κ2) is 8.75. The minimum Gasteiger partial charge on any atom is -0.325 e. The van der Waals surface area contributed by atoms with Crippen LogP contribution in [-0.2, 0) is 11.2 Å². The molecule has 0 aliphatic heterocycles. The van der Waals surface area contributed by atoms with Crippen molar-refractivity contribution in [1.29, 1.82) is 0 Å². The molecule has 0 saturated carbocycles. The van der Waals surface area contributed by atoms with Gasteiger partial charge in [-0.2, -0.15) is 0 Å². The highest BCUT2D eigenvalue weighted by atomic mass is 32.2. The van der Waals surface area contributed by atoms with E-state index in [-0.39, 0.29) is 5.91 Å². The first-order valence-corrected chi connectivity index (χ1v) is 8.83. The maximum absolute atomic E-state index is 11.7. The predicted octanol–water partition coefficient (Wildman–Crippen LogP) is 4.47. The molecule has 0 aliphatic rings. The molecule has 3 N–H and O–H groups in total. The third-order valence-electron chi connectivity index (χ3n) is 3.47. The van der Waals surface area contributed by atoms with Crippen LogP contribution in [0.1, 0.15) is 32.3 Å². The van der Waals surface area contributed by atoms with Crippen molar-refractivity contribution in [3.63, 3.8) is 0 Å². The van der Waals surface area contributed by atoms with Crippen molar-refractivity contribution in [1.82, 2.24) is 0 Å². The Morgan fingerprint density at radius 2 is 1.87 bits per heavy atom. The van der Waals surface area contributed by atoms with E-state index in [1.807, 2.05) is 24.3 Å². The van der Waals surface area contributed by atoms with Gasteiger partial charge in [0.1, 0.15) is 0 Å². The minimum atomic E-state index is -0.512. The number of aryl methyl sites for hydroxylation is 1. The smallest absolute Gasteiger partial charge is 0.240 e. The Balaban J connectivity index is 2.06. The summed E-state index contributed by atoms with van der Waals surface area (Å²) in [5, 5.41) is 2.83. The standard InChI is InChI=1S/C19H24N2OS/c1-3-4-7-15-8-5-10-17(12-15)23-18-11-6-9-16(13-18)21-19(22)14(2)20/h5-6,8-14H,3-4,7,20H2,1-2H3,(H,21,22). The van der Waals surface area contributed by atoms with Crippen LogP contribution in [0.4, 0.5) is 5.69 Å². The molecular formula is C19H24N2OS. The Labute approximate surface area is 142 Å². The first-order chi connectivity index (χ1) is 11.1. The van der Waals surface area contributed by atoms with Gasteiger partial charge in [0, 0.05) is 15.5 Å². The van der Waals surface area contributed by atoms with Crippen LogP contribution in [0.2, 0.25) is 0 Å². The van der Waals surface area contributed by atoms with Crippen LogP contribution in [-0.4, -0.2) is 11.9 Å². The molecule has 0 bridgehead atoms. The van der Waals surface area contributed by atoms with Crippen molar-refractivity contribution in [2.45, 2.75) is 48.9 Å². The highest BCUT2D eigenvalue weighted by molar-refractivity contribution is 7.99. The molecule has 2 aromatic rings. The molecule has 3 nitrogen and oxygen atoms in total. The average molecular weight is 328 g/mol. The molecule has 1 amide bonds. The van der Waals surface area contributed by atoms with Gasteiger partial charge in [-0.05, 0) is 55.7 Å². The molecule has 122 valence electrons. The van der Waals surface area contributed by atoms with E-state index in [0.717, 1.165) is 17.0 Å². The van der Waals surface area contributed by atoms with Crippen LogP contribution < -0.4 is 11.1 Å². The predicted molar refractivity (Wildman–Crippen MR) is 97.9 cm³/mol. The lowest BCUT2D eigenvalue weighted by atomic mass is 10.1. The van der Waals surface area contributed by atoms with Gasteiger partial charge in [-0.15, -0.1) is 0 Å². The number of unbranched alkanes of at least 4 members (excludes halogenated alkanes) is 1. The number of carbonyl (C=O) groups is 1. The average Bonchev–Trinajstić information content (AvgIpc) is 2.53. The van der Waals surface area contributed by atoms with Crippen molar-refractivity contribution in [2.75, 3.05) is 5.32 Å². The third kappa shape index (κ3) is 5.73. The lowest BCUT2D eigenvalue weighted by Crippen LogP contribution is -2.32. The van der Waals surface area contributed by atoms with E-state index >= 15 is 0 Å². The fraction of sp³-hybridized carbons (Fsp3) is 0.316. The number of rotatable bonds is 7. The number of anilines is 1. The molecule has 2 aromatic carbocycles. The van der Waals surface area contributed by atoms with Crippen LogP contribution in [0.5, 0.6) is 0 Å². The zero-order valence-corrected chi connectivity index (χ0v) is 14.5. The molecule has 23 heavy (non-hydrogen) atoms. The topological polar surface area (TPSA) is 55.1 Å².